The van der Waals surface area contributed by atoms with Crippen molar-refractivity contribution in [1.82, 2.24) is 14.1 Å². The fourth-order valence-electron chi connectivity index (χ4n) is 3.35. The number of hydrogen-bond donors (Lipinski definition) is 0. The van der Waals surface area contributed by atoms with Gasteiger partial charge in [0.1, 0.15) is 4.90 Å². The van der Waals surface area contributed by atoms with Crippen molar-refractivity contribution in [2.45, 2.75) is 24.7 Å². The molecule has 2 aliphatic heterocycles. The van der Waals surface area contributed by atoms with E-state index >= 15 is 0 Å². The van der Waals surface area contributed by atoms with Gasteiger partial charge in [0.05, 0.1) is 5.02 Å². The number of carbonyl (C=O) groups excluding carboxylic acids is 1. The van der Waals surface area contributed by atoms with E-state index in [1.54, 1.807) is 11.0 Å². The maximum Gasteiger partial charge on any atom is 0.253 e. The van der Waals surface area contributed by atoms with Crippen LogP contribution in [0.15, 0.2) is 23.1 Å². The highest BCUT2D eigenvalue weighted by Gasteiger charge is 2.30. The third-order valence-corrected chi connectivity index (χ3v) is 7.35. The van der Waals surface area contributed by atoms with E-state index < -0.39 is 10.0 Å². The Morgan fingerprint density at radius 3 is 2.32 bits per heavy atom. The summed E-state index contributed by atoms with van der Waals surface area (Å²) in [4.78, 5) is 16.9. The molecule has 0 atom stereocenters. The van der Waals surface area contributed by atoms with Gasteiger partial charge in [-0.2, -0.15) is 4.31 Å². The van der Waals surface area contributed by atoms with Crippen molar-refractivity contribution in [1.29, 1.82) is 0 Å². The van der Waals surface area contributed by atoms with E-state index in [0.29, 0.717) is 31.7 Å². The van der Waals surface area contributed by atoms with Crippen LogP contribution in [0.25, 0.3) is 0 Å². The van der Waals surface area contributed by atoms with Crippen LogP contribution in [0, 0.1) is 0 Å². The molecule has 0 unspecified atom stereocenters. The lowest BCUT2D eigenvalue weighted by molar-refractivity contribution is 0.0643. The maximum atomic E-state index is 12.8. The average Bonchev–Trinajstić information content (AvgIpc) is 3.17. The molecule has 0 saturated carbocycles. The first-order valence-electron chi connectivity index (χ1n) is 8.75. The summed E-state index contributed by atoms with van der Waals surface area (Å²) >= 11 is 6.15. The van der Waals surface area contributed by atoms with Gasteiger partial charge in [0.25, 0.3) is 5.91 Å². The molecule has 2 saturated heterocycles. The van der Waals surface area contributed by atoms with Gasteiger partial charge in [-0.25, -0.2) is 8.42 Å². The number of benzene rings is 1. The van der Waals surface area contributed by atoms with Gasteiger partial charge >= 0.3 is 0 Å². The van der Waals surface area contributed by atoms with Gasteiger partial charge in [0.2, 0.25) is 10.0 Å². The standard InChI is InChI=1S/C17H24ClN3O3S/c1-2-19-9-11-20(12-10-19)17(22)14-5-6-15(18)16(13-14)25(23,24)21-7-3-4-8-21/h5-6,13H,2-4,7-12H2,1H3. The molecule has 1 aromatic carbocycles. The van der Waals surface area contributed by atoms with Gasteiger partial charge in [0, 0.05) is 44.8 Å². The highest BCUT2D eigenvalue weighted by molar-refractivity contribution is 7.89. The first-order valence-corrected chi connectivity index (χ1v) is 10.6. The van der Waals surface area contributed by atoms with Crippen LogP contribution in [-0.2, 0) is 10.0 Å². The van der Waals surface area contributed by atoms with Crippen molar-refractivity contribution < 1.29 is 13.2 Å². The van der Waals surface area contributed by atoms with Gasteiger partial charge in [-0.05, 0) is 37.6 Å². The van der Waals surface area contributed by atoms with Crippen LogP contribution in [0.2, 0.25) is 5.02 Å². The summed E-state index contributed by atoms with van der Waals surface area (Å²) in [6, 6.07) is 4.56. The average molecular weight is 386 g/mol. The van der Waals surface area contributed by atoms with E-state index in [4.69, 9.17) is 11.6 Å². The molecule has 3 rings (SSSR count). The highest BCUT2D eigenvalue weighted by atomic mass is 35.5. The predicted octanol–water partition coefficient (Wildman–Crippen LogP) is 1.90. The van der Waals surface area contributed by atoms with Crippen molar-refractivity contribution in [3.63, 3.8) is 0 Å². The van der Waals surface area contributed by atoms with Crippen molar-refractivity contribution in [3.8, 4) is 0 Å². The minimum absolute atomic E-state index is 0.0362. The molecule has 138 valence electrons. The third kappa shape index (κ3) is 3.84. The van der Waals surface area contributed by atoms with E-state index in [9.17, 15) is 13.2 Å². The summed E-state index contributed by atoms with van der Waals surface area (Å²) < 4.78 is 27.0. The molecule has 1 aromatic rings. The molecule has 0 aromatic heterocycles. The molecular weight excluding hydrogens is 362 g/mol. The van der Waals surface area contributed by atoms with Crippen LogP contribution in [0.4, 0.5) is 0 Å². The summed E-state index contributed by atoms with van der Waals surface area (Å²) in [6.07, 6.45) is 1.72. The predicted molar refractivity (Wildman–Crippen MR) is 97.5 cm³/mol. The molecule has 0 spiro atoms. The number of rotatable bonds is 4. The summed E-state index contributed by atoms with van der Waals surface area (Å²) in [5.74, 6) is -0.134. The number of halogens is 1. The van der Waals surface area contributed by atoms with E-state index in [-0.39, 0.29) is 15.8 Å². The van der Waals surface area contributed by atoms with E-state index in [1.165, 1.54) is 16.4 Å². The molecule has 0 N–H and O–H groups in total. The molecule has 2 aliphatic rings. The molecule has 6 nitrogen and oxygen atoms in total. The Hall–Kier alpha value is -1.15. The molecule has 0 aliphatic carbocycles. The van der Waals surface area contributed by atoms with Crippen molar-refractivity contribution in [3.05, 3.63) is 28.8 Å². The van der Waals surface area contributed by atoms with Crippen molar-refractivity contribution >= 4 is 27.5 Å². The Bertz CT molecular complexity index is 740. The molecule has 8 heteroatoms. The second kappa shape index (κ2) is 7.61. The summed E-state index contributed by atoms with van der Waals surface area (Å²) in [5.41, 5.74) is 0.382. The summed E-state index contributed by atoms with van der Waals surface area (Å²) in [5, 5.41) is 0.166. The first-order chi connectivity index (χ1) is 11.9. The van der Waals surface area contributed by atoms with E-state index in [0.717, 1.165) is 32.5 Å². The van der Waals surface area contributed by atoms with Gasteiger partial charge in [-0.3, -0.25) is 4.79 Å². The number of hydrogen-bond acceptors (Lipinski definition) is 4. The SMILES string of the molecule is CCN1CCN(C(=O)c2ccc(Cl)c(S(=O)(=O)N3CCCC3)c2)CC1. The fourth-order valence-corrected chi connectivity index (χ4v) is 5.37. The normalized spacial score (nSPS) is 20.2. The smallest absolute Gasteiger partial charge is 0.253 e. The lowest BCUT2D eigenvalue weighted by Gasteiger charge is -2.34. The first kappa shape index (κ1) is 18.6. The van der Waals surface area contributed by atoms with Crippen LogP contribution in [0.1, 0.15) is 30.1 Å². The molecule has 1 amide bonds. The summed E-state index contributed by atoms with van der Waals surface area (Å²) in [7, 11) is -3.65. The number of carbonyl (C=O) groups is 1. The third-order valence-electron chi connectivity index (χ3n) is 4.97. The Morgan fingerprint density at radius 1 is 1.08 bits per heavy atom. The Balaban J connectivity index is 1.83. The van der Waals surface area contributed by atoms with Crippen LogP contribution in [0.3, 0.4) is 0 Å². The number of amides is 1. The fraction of sp³-hybridized carbons (Fsp3) is 0.588. The molecule has 2 fully saturated rings. The lowest BCUT2D eigenvalue weighted by atomic mass is 10.2. The van der Waals surface area contributed by atoms with E-state index in [2.05, 4.69) is 11.8 Å². The van der Waals surface area contributed by atoms with Crippen molar-refractivity contribution in [2.75, 3.05) is 45.8 Å². The zero-order valence-electron chi connectivity index (χ0n) is 14.4. The van der Waals surface area contributed by atoms with Gasteiger partial charge in [-0.15, -0.1) is 0 Å². The van der Waals surface area contributed by atoms with Crippen LogP contribution in [0.5, 0.6) is 0 Å². The molecular formula is C17H24ClN3O3S. The summed E-state index contributed by atoms with van der Waals surface area (Å²) in [6.45, 7) is 7.09. The molecule has 25 heavy (non-hydrogen) atoms. The zero-order chi connectivity index (χ0) is 18.0. The minimum atomic E-state index is -3.65. The Kier molecular flexibility index (Phi) is 5.68. The molecule has 2 heterocycles. The highest BCUT2D eigenvalue weighted by Crippen LogP contribution is 2.28. The largest absolute Gasteiger partial charge is 0.336 e. The maximum absolute atomic E-state index is 12.8. The minimum Gasteiger partial charge on any atom is -0.336 e. The molecule has 0 radical (unpaired) electrons. The quantitative estimate of drug-likeness (QED) is 0.794. The van der Waals surface area contributed by atoms with Gasteiger partial charge in [-0.1, -0.05) is 18.5 Å². The van der Waals surface area contributed by atoms with E-state index in [1.807, 2.05) is 0 Å². The Labute approximate surface area is 154 Å². The monoisotopic (exact) mass is 385 g/mol. The Morgan fingerprint density at radius 2 is 1.72 bits per heavy atom. The topological polar surface area (TPSA) is 60.9 Å². The second-order valence-electron chi connectivity index (χ2n) is 6.48. The number of piperazine rings is 1. The zero-order valence-corrected chi connectivity index (χ0v) is 16.0. The number of likely N-dealkylation sites (N-methyl/N-ethyl adjacent to an activating group) is 1. The van der Waals surface area contributed by atoms with Crippen molar-refractivity contribution in [2.24, 2.45) is 0 Å². The second-order valence-corrected chi connectivity index (χ2v) is 8.80. The lowest BCUT2D eigenvalue weighted by Crippen LogP contribution is -2.48. The van der Waals surface area contributed by atoms with Crippen LogP contribution >= 0.6 is 11.6 Å². The number of sulfonamides is 1. The van der Waals surface area contributed by atoms with Crippen LogP contribution < -0.4 is 0 Å². The van der Waals surface area contributed by atoms with Crippen LogP contribution in [-0.4, -0.2) is 74.2 Å². The van der Waals surface area contributed by atoms with Gasteiger partial charge in [0.15, 0.2) is 0 Å². The van der Waals surface area contributed by atoms with Gasteiger partial charge < -0.3 is 9.80 Å². The number of nitrogens with zero attached hydrogens (tertiary/aromatic N) is 3. The molecule has 0 bridgehead atoms.